The zero-order valence-electron chi connectivity index (χ0n) is 19.4. The van der Waals surface area contributed by atoms with Crippen molar-refractivity contribution in [3.63, 3.8) is 0 Å². The number of nitrogens with one attached hydrogen (secondary N) is 1. The maximum atomic E-state index is 12.3. The van der Waals surface area contributed by atoms with Gasteiger partial charge in [0.2, 0.25) is 0 Å². The fraction of sp³-hybridized carbons (Fsp3) is 0.103. The fourth-order valence-electron chi connectivity index (χ4n) is 3.80. The second-order valence-corrected chi connectivity index (χ2v) is 8.65. The molecule has 35 heavy (non-hydrogen) atoms. The van der Waals surface area contributed by atoms with Crippen molar-refractivity contribution in [2.75, 3.05) is 13.6 Å². The number of hydrazone groups is 1. The van der Waals surface area contributed by atoms with E-state index in [1.54, 1.807) is 6.21 Å². The molecule has 0 spiro atoms. The molecular weight excluding hydrogens is 458 g/mol. The van der Waals surface area contributed by atoms with E-state index in [9.17, 15) is 9.90 Å². The van der Waals surface area contributed by atoms with E-state index in [0.29, 0.717) is 5.56 Å². The minimum absolute atomic E-state index is 0.0739. The van der Waals surface area contributed by atoms with E-state index in [2.05, 4.69) is 71.0 Å². The summed E-state index contributed by atoms with van der Waals surface area (Å²) in [6, 6.07) is 26.8. The van der Waals surface area contributed by atoms with Crippen molar-refractivity contribution in [1.29, 1.82) is 0 Å². The van der Waals surface area contributed by atoms with Crippen LogP contribution in [0.15, 0.2) is 96.1 Å². The van der Waals surface area contributed by atoms with Crippen molar-refractivity contribution in [3.8, 4) is 5.75 Å². The van der Waals surface area contributed by atoms with Crippen molar-refractivity contribution in [3.05, 3.63) is 118 Å². The summed E-state index contributed by atoms with van der Waals surface area (Å²) in [6.45, 7) is 1.73. The van der Waals surface area contributed by atoms with E-state index >= 15 is 0 Å². The number of halogens is 1. The Bertz CT molecular complexity index is 1380. The molecule has 0 fully saturated rings. The van der Waals surface area contributed by atoms with Gasteiger partial charge in [0, 0.05) is 24.2 Å². The first-order valence-corrected chi connectivity index (χ1v) is 11.6. The number of fused-ring (bicyclic) bond motifs is 1. The van der Waals surface area contributed by atoms with Crippen molar-refractivity contribution >= 4 is 40.6 Å². The lowest BCUT2D eigenvalue weighted by Crippen LogP contribution is -2.17. The molecule has 176 valence electrons. The number of aromatic hydroxyl groups is 1. The number of phenolic OH excluding ortho intramolecular Hbond substituents is 1. The van der Waals surface area contributed by atoms with Crippen LogP contribution in [0, 0.1) is 0 Å². The number of nitrogens with zero attached hydrogens (tertiary/aromatic N) is 2. The van der Waals surface area contributed by atoms with Crippen molar-refractivity contribution in [2.24, 2.45) is 5.10 Å². The number of amides is 1. The second kappa shape index (κ2) is 11.5. The predicted molar refractivity (Wildman–Crippen MR) is 144 cm³/mol. The summed E-state index contributed by atoms with van der Waals surface area (Å²) in [6.07, 6.45) is 5.94. The zero-order valence-corrected chi connectivity index (χ0v) is 20.1. The number of carbonyl (C=O) groups excluding carboxylic acids is 1. The van der Waals surface area contributed by atoms with E-state index in [0.717, 1.165) is 35.0 Å². The molecule has 2 N–H and O–H groups in total. The largest absolute Gasteiger partial charge is 0.506 e. The summed E-state index contributed by atoms with van der Waals surface area (Å²) in [5.41, 5.74) is 6.12. The summed E-state index contributed by atoms with van der Waals surface area (Å²) >= 11 is 5.88. The Labute approximate surface area is 210 Å². The van der Waals surface area contributed by atoms with Crippen LogP contribution in [0.1, 0.15) is 27.0 Å². The Hall–Kier alpha value is -3.93. The van der Waals surface area contributed by atoms with Crippen LogP contribution in [0.2, 0.25) is 5.02 Å². The van der Waals surface area contributed by atoms with Gasteiger partial charge in [-0.25, -0.2) is 5.43 Å². The van der Waals surface area contributed by atoms with Crippen LogP contribution in [0.25, 0.3) is 16.8 Å². The number of hydrogen-bond acceptors (Lipinski definition) is 4. The average Bonchev–Trinajstić information content (AvgIpc) is 2.87. The van der Waals surface area contributed by atoms with Gasteiger partial charge in [-0.1, -0.05) is 90.5 Å². The molecule has 0 bridgehead atoms. The molecule has 5 nitrogen and oxygen atoms in total. The Balaban J connectivity index is 1.44. The quantitative estimate of drug-likeness (QED) is 0.235. The molecule has 6 heteroatoms. The highest BCUT2D eigenvalue weighted by atomic mass is 35.5. The lowest BCUT2D eigenvalue weighted by Gasteiger charge is -2.14. The Morgan fingerprint density at radius 2 is 1.66 bits per heavy atom. The number of benzene rings is 4. The normalized spacial score (nSPS) is 11.6. The van der Waals surface area contributed by atoms with Crippen molar-refractivity contribution in [2.45, 2.75) is 6.54 Å². The van der Waals surface area contributed by atoms with Gasteiger partial charge < -0.3 is 5.11 Å². The smallest absolute Gasteiger partial charge is 0.271 e. The Morgan fingerprint density at radius 1 is 0.971 bits per heavy atom. The van der Waals surface area contributed by atoms with Crippen molar-refractivity contribution in [1.82, 2.24) is 10.3 Å². The maximum Gasteiger partial charge on any atom is 0.271 e. The molecule has 0 atom stereocenters. The SMILES string of the molecule is CN(CC=Cc1ccc(C=NNC(=O)c2ccc(O)c(Cl)c2)c2ccccc12)Cc1ccccc1. The molecule has 0 saturated carbocycles. The highest BCUT2D eigenvalue weighted by Gasteiger charge is 2.08. The van der Waals surface area contributed by atoms with Gasteiger partial charge in [-0.15, -0.1) is 0 Å². The van der Waals surface area contributed by atoms with Crippen molar-refractivity contribution < 1.29 is 9.90 Å². The molecule has 4 aromatic rings. The third kappa shape index (κ3) is 6.35. The van der Waals surface area contributed by atoms with Crippen LogP contribution >= 0.6 is 11.6 Å². The molecule has 1 amide bonds. The van der Waals surface area contributed by atoms with Gasteiger partial charge in [-0.3, -0.25) is 9.69 Å². The zero-order chi connectivity index (χ0) is 24.6. The molecule has 0 radical (unpaired) electrons. The highest BCUT2D eigenvalue weighted by molar-refractivity contribution is 6.32. The number of hydrogen-bond donors (Lipinski definition) is 2. The van der Waals surface area contributed by atoms with E-state index in [1.807, 2.05) is 30.3 Å². The van der Waals surface area contributed by atoms with Gasteiger partial charge in [0.05, 0.1) is 11.2 Å². The number of phenols is 1. The number of rotatable bonds is 8. The molecule has 0 aliphatic rings. The van der Waals surface area contributed by atoms with Gasteiger partial charge in [-0.05, 0) is 47.1 Å². The number of carbonyl (C=O) groups is 1. The number of likely N-dealkylation sites (N-methyl/N-ethyl adjacent to an activating group) is 1. The summed E-state index contributed by atoms with van der Waals surface area (Å²) in [7, 11) is 2.11. The average molecular weight is 484 g/mol. The van der Waals surface area contributed by atoms with Crippen LogP contribution in [-0.2, 0) is 6.54 Å². The molecule has 0 unspecified atom stereocenters. The van der Waals surface area contributed by atoms with E-state index in [1.165, 1.54) is 23.8 Å². The van der Waals surface area contributed by atoms with Crippen LogP contribution in [0.5, 0.6) is 5.75 Å². The van der Waals surface area contributed by atoms with Crippen LogP contribution in [0.3, 0.4) is 0 Å². The standard InChI is InChI=1S/C29H26ClN3O2/c1-33(20-21-8-3-2-4-9-21)17-7-10-22-13-14-24(26-12-6-5-11-25(22)26)19-31-32-29(35)23-15-16-28(34)27(30)18-23/h2-16,18-19,34H,17,20H2,1H3,(H,32,35). The monoisotopic (exact) mass is 483 g/mol. The summed E-state index contributed by atoms with van der Waals surface area (Å²) in [4.78, 5) is 14.6. The van der Waals surface area contributed by atoms with Gasteiger partial charge in [0.1, 0.15) is 5.75 Å². The van der Waals surface area contributed by atoms with Gasteiger partial charge in [0.25, 0.3) is 5.91 Å². The molecule has 0 heterocycles. The molecule has 0 aliphatic heterocycles. The lowest BCUT2D eigenvalue weighted by atomic mass is 9.99. The topological polar surface area (TPSA) is 64.9 Å². The first-order valence-electron chi connectivity index (χ1n) is 11.2. The summed E-state index contributed by atoms with van der Waals surface area (Å²) in [5, 5.41) is 15.9. The second-order valence-electron chi connectivity index (χ2n) is 8.24. The first kappa shape index (κ1) is 24.2. The van der Waals surface area contributed by atoms with Crippen LogP contribution in [-0.4, -0.2) is 35.7 Å². The van der Waals surface area contributed by atoms with E-state index in [4.69, 9.17) is 11.6 Å². The fourth-order valence-corrected chi connectivity index (χ4v) is 3.98. The third-order valence-corrected chi connectivity index (χ3v) is 5.88. The van der Waals surface area contributed by atoms with E-state index in [-0.39, 0.29) is 10.8 Å². The van der Waals surface area contributed by atoms with Gasteiger partial charge >= 0.3 is 0 Å². The highest BCUT2D eigenvalue weighted by Crippen LogP contribution is 2.24. The molecule has 0 aliphatic carbocycles. The predicted octanol–water partition coefficient (Wildman–Crippen LogP) is 6.11. The third-order valence-electron chi connectivity index (χ3n) is 5.58. The first-order chi connectivity index (χ1) is 17.0. The Morgan fingerprint density at radius 3 is 2.40 bits per heavy atom. The van der Waals surface area contributed by atoms with E-state index < -0.39 is 5.91 Å². The molecule has 0 saturated heterocycles. The van der Waals surface area contributed by atoms with Gasteiger partial charge in [-0.2, -0.15) is 5.10 Å². The summed E-state index contributed by atoms with van der Waals surface area (Å²) in [5.74, 6) is -0.484. The molecule has 4 rings (SSSR count). The Kier molecular flexibility index (Phi) is 7.93. The van der Waals surface area contributed by atoms with Crippen LogP contribution < -0.4 is 5.43 Å². The van der Waals surface area contributed by atoms with Crippen LogP contribution in [0.4, 0.5) is 0 Å². The van der Waals surface area contributed by atoms with Gasteiger partial charge in [0.15, 0.2) is 0 Å². The summed E-state index contributed by atoms with van der Waals surface area (Å²) < 4.78 is 0. The minimum Gasteiger partial charge on any atom is -0.506 e. The lowest BCUT2D eigenvalue weighted by molar-refractivity contribution is 0.0955. The molecular formula is C29H26ClN3O2. The molecule has 4 aromatic carbocycles. The molecule has 0 aromatic heterocycles. The minimum atomic E-state index is -0.411. The maximum absolute atomic E-state index is 12.3.